The summed E-state index contributed by atoms with van der Waals surface area (Å²) in [6.45, 7) is 4.50. The van der Waals surface area contributed by atoms with Crippen LogP contribution in [-0.4, -0.2) is 29.8 Å². The van der Waals surface area contributed by atoms with Crippen molar-refractivity contribution >= 4 is 0 Å². The molecule has 0 N–H and O–H groups in total. The van der Waals surface area contributed by atoms with E-state index in [9.17, 15) is 0 Å². The normalized spacial score (nSPS) is 10.8. The van der Waals surface area contributed by atoms with Gasteiger partial charge in [0.25, 0.3) is 0 Å². The van der Waals surface area contributed by atoms with E-state index in [-0.39, 0.29) is 0 Å². The molecule has 1 heterocycles. The van der Waals surface area contributed by atoms with E-state index in [2.05, 4.69) is 16.9 Å². The fraction of sp³-hybridized carbons (Fsp3) is 0.500. The topological polar surface area (TPSA) is 53.5 Å². The molecule has 0 aliphatic carbocycles. The van der Waals surface area contributed by atoms with Crippen LogP contribution in [0.3, 0.4) is 0 Å². The Labute approximate surface area is 223 Å². The third-order valence-corrected chi connectivity index (χ3v) is 6.33. The Morgan fingerprint density at radius 2 is 0.946 bits per heavy atom. The smallest absolute Gasteiger partial charge is 0.159 e. The number of ether oxygens (including phenoxy) is 3. The molecule has 0 fully saturated rings. The lowest BCUT2D eigenvalue weighted by molar-refractivity contribution is 0.293. The summed E-state index contributed by atoms with van der Waals surface area (Å²) < 4.78 is 17.4. The van der Waals surface area contributed by atoms with Gasteiger partial charge < -0.3 is 14.2 Å². The molecule has 0 spiro atoms. The Hall–Kier alpha value is -3.08. The average molecular weight is 505 g/mol. The molecule has 3 aromatic rings. The number of benzene rings is 2. The Bertz CT molecular complexity index is 946. The fourth-order valence-electron chi connectivity index (χ4n) is 4.12. The lowest BCUT2D eigenvalue weighted by atomic mass is 10.1. The minimum Gasteiger partial charge on any atom is -0.494 e. The molecule has 0 unspecified atom stereocenters. The number of rotatable bonds is 20. The van der Waals surface area contributed by atoms with Crippen molar-refractivity contribution in [1.29, 1.82) is 0 Å². The van der Waals surface area contributed by atoms with Crippen molar-refractivity contribution in [2.75, 3.05) is 19.8 Å². The van der Waals surface area contributed by atoms with Crippen LogP contribution in [-0.2, 0) is 0 Å². The van der Waals surface area contributed by atoms with Gasteiger partial charge in [0.15, 0.2) is 11.6 Å². The highest BCUT2D eigenvalue weighted by molar-refractivity contribution is 5.56. The van der Waals surface area contributed by atoms with Gasteiger partial charge >= 0.3 is 0 Å². The quantitative estimate of drug-likeness (QED) is 0.144. The van der Waals surface area contributed by atoms with E-state index >= 15 is 0 Å². The molecule has 37 heavy (non-hydrogen) atoms. The molecule has 0 atom stereocenters. The maximum Gasteiger partial charge on any atom is 0.159 e. The molecule has 0 aliphatic heterocycles. The Morgan fingerprint density at radius 1 is 0.486 bits per heavy atom. The molecule has 0 saturated carbocycles. The molecular formula is C32H44N2O3. The Morgan fingerprint density at radius 3 is 1.49 bits per heavy atom. The van der Waals surface area contributed by atoms with Crippen LogP contribution >= 0.6 is 0 Å². The van der Waals surface area contributed by atoms with Crippen LogP contribution in [0.2, 0.25) is 0 Å². The standard InChI is InChI=1S/C32H44N2O3/c1-2-3-4-5-6-8-16-25-37-31-26-33-32(34-27-31)28-19-21-30(22-20-28)36-24-15-10-7-9-14-23-35-29-17-12-11-13-18-29/h11-13,17-22,26-27H,2-10,14-16,23-25H2,1H3. The van der Waals surface area contributed by atoms with Gasteiger partial charge in [0.1, 0.15) is 11.5 Å². The molecule has 0 saturated heterocycles. The lowest BCUT2D eigenvalue weighted by Crippen LogP contribution is -2.00. The van der Waals surface area contributed by atoms with E-state index in [4.69, 9.17) is 14.2 Å². The SMILES string of the molecule is CCCCCCCCCOc1cnc(-c2ccc(OCCCCCCCOc3ccccc3)cc2)nc1. The second kappa shape index (κ2) is 18.2. The highest BCUT2D eigenvalue weighted by Crippen LogP contribution is 2.21. The number of hydrogen-bond acceptors (Lipinski definition) is 5. The lowest BCUT2D eigenvalue weighted by Gasteiger charge is -2.08. The second-order valence-corrected chi connectivity index (χ2v) is 9.51. The third kappa shape index (κ3) is 12.1. The van der Waals surface area contributed by atoms with Crippen molar-refractivity contribution in [2.45, 2.75) is 84.0 Å². The summed E-state index contributed by atoms with van der Waals surface area (Å²) >= 11 is 0. The van der Waals surface area contributed by atoms with Gasteiger partial charge in [-0.05, 0) is 55.7 Å². The van der Waals surface area contributed by atoms with Gasteiger partial charge in [-0.15, -0.1) is 0 Å². The highest BCUT2D eigenvalue weighted by Gasteiger charge is 2.04. The first-order chi connectivity index (χ1) is 18.3. The molecule has 3 rings (SSSR count). The predicted molar refractivity (Wildman–Crippen MR) is 151 cm³/mol. The van der Waals surface area contributed by atoms with Crippen LogP contribution in [0.15, 0.2) is 67.0 Å². The number of para-hydroxylation sites is 1. The monoisotopic (exact) mass is 504 g/mol. The van der Waals surface area contributed by atoms with E-state index in [1.165, 1.54) is 57.8 Å². The summed E-state index contributed by atoms with van der Waals surface area (Å²) in [5.41, 5.74) is 0.976. The number of hydrogen-bond donors (Lipinski definition) is 0. The van der Waals surface area contributed by atoms with Crippen molar-refractivity contribution in [3.05, 3.63) is 67.0 Å². The molecule has 200 valence electrons. The molecule has 0 radical (unpaired) electrons. The third-order valence-electron chi connectivity index (χ3n) is 6.33. The van der Waals surface area contributed by atoms with Crippen LogP contribution in [0.1, 0.15) is 84.0 Å². The number of nitrogens with zero attached hydrogens (tertiary/aromatic N) is 2. The summed E-state index contributed by atoms with van der Waals surface area (Å²) in [6.07, 6.45) is 18.2. The zero-order valence-corrected chi connectivity index (χ0v) is 22.6. The first-order valence-electron chi connectivity index (χ1n) is 14.2. The molecule has 1 aromatic heterocycles. The van der Waals surface area contributed by atoms with Crippen molar-refractivity contribution in [2.24, 2.45) is 0 Å². The van der Waals surface area contributed by atoms with E-state index < -0.39 is 0 Å². The summed E-state index contributed by atoms with van der Waals surface area (Å²) in [7, 11) is 0. The van der Waals surface area contributed by atoms with E-state index in [0.717, 1.165) is 61.9 Å². The molecular weight excluding hydrogens is 460 g/mol. The molecule has 5 heteroatoms. The molecule has 0 amide bonds. The summed E-state index contributed by atoms with van der Waals surface area (Å²) in [5.74, 6) is 3.27. The fourth-order valence-corrected chi connectivity index (χ4v) is 4.12. The maximum atomic E-state index is 5.91. The predicted octanol–water partition coefficient (Wildman–Crippen LogP) is 8.68. The summed E-state index contributed by atoms with van der Waals surface area (Å²) in [6, 6.07) is 18.0. The van der Waals surface area contributed by atoms with Crippen molar-refractivity contribution < 1.29 is 14.2 Å². The van der Waals surface area contributed by atoms with Crippen molar-refractivity contribution in [3.8, 4) is 28.6 Å². The largest absolute Gasteiger partial charge is 0.494 e. The summed E-state index contributed by atoms with van der Waals surface area (Å²) in [5, 5.41) is 0. The van der Waals surface area contributed by atoms with Gasteiger partial charge in [0.05, 0.1) is 32.2 Å². The van der Waals surface area contributed by atoms with Gasteiger partial charge in [-0.2, -0.15) is 0 Å². The first kappa shape index (κ1) is 28.5. The van der Waals surface area contributed by atoms with Gasteiger partial charge in [-0.1, -0.05) is 82.9 Å². The van der Waals surface area contributed by atoms with Gasteiger partial charge in [-0.3, -0.25) is 0 Å². The molecule has 2 aromatic carbocycles. The first-order valence-corrected chi connectivity index (χ1v) is 14.2. The summed E-state index contributed by atoms with van der Waals surface area (Å²) in [4.78, 5) is 8.95. The van der Waals surface area contributed by atoms with Crippen LogP contribution in [0.5, 0.6) is 17.2 Å². The average Bonchev–Trinajstić information content (AvgIpc) is 2.95. The van der Waals surface area contributed by atoms with Gasteiger partial charge in [0, 0.05) is 5.56 Å². The van der Waals surface area contributed by atoms with E-state index in [0.29, 0.717) is 5.82 Å². The number of aromatic nitrogens is 2. The van der Waals surface area contributed by atoms with Crippen molar-refractivity contribution in [3.63, 3.8) is 0 Å². The zero-order valence-electron chi connectivity index (χ0n) is 22.6. The number of unbranched alkanes of at least 4 members (excludes halogenated alkanes) is 10. The zero-order chi connectivity index (χ0) is 25.8. The Kier molecular flexibility index (Phi) is 14.0. The van der Waals surface area contributed by atoms with Gasteiger partial charge in [0.2, 0.25) is 0 Å². The molecule has 0 bridgehead atoms. The molecule has 5 nitrogen and oxygen atoms in total. The van der Waals surface area contributed by atoms with E-state index in [1.54, 1.807) is 12.4 Å². The van der Waals surface area contributed by atoms with Crippen LogP contribution in [0.25, 0.3) is 11.4 Å². The maximum absolute atomic E-state index is 5.91. The Balaban J connectivity index is 1.22. The highest BCUT2D eigenvalue weighted by atomic mass is 16.5. The second-order valence-electron chi connectivity index (χ2n) is 9.51. The van der Waals surface area contributed by atoms with Crippen LogP contribution < -0.4 is 14.2 Å². The minimum absolute atomic E-state index is 0.700. The minimum atomic E-state index is 0.700. The van der Waals surface area contributed by atoms with Crippen LogP contribution in [0.4, 0.5) is 0 Å². The van der Waals surface area contributed by atoms with Gasteiger partial charge in [-0.25, -0.2) is 9.97 Å². The molecule has 0 aliphatic rings. The van der Waals surface area contributed by atoms with E-state index in [1.807, 2.05) is 54.6 Å². The van der Waals surface area contributed by atoms with Crippen molar-refractivity contribution in [1.82, 2.24) is 9.97 Å². The van der Waals surface area contributed by atoms with Crippen LogP contribution in [0, 0.1) is 0 Å².